The Morgan fingerprint density at radius 2 is 1.92 bits per heavy atom. The Morgan fingerprint density at radius 3 is 2.68 bits per heavy atom. The summed E-state index contributed by atoms with van der Waals surface area (Å²) < 4.78 is 0.326. The maximum absolute atomic E-state index is 13.3. The fourth-order valence-corrected chi connectivity index (χ4v) is 10.2. The second-order valence-corrected chi connectivity index (χ2v) is 11.9. The molecule has 0 radical (unpaired) electrons. The van der Waals surface area contributed by atoms with Crippen molar-refractivity contribution >= 4 is 35.1 Å². The van der Waals surface area contributed by atoms with Gasteiger partial charge in [-0.15, -0.1) is 23.5 Å². The Bertz CT molecular complexity index is 648. The van der Waals surface area contributed by atoms with E-state index in [0.717, 1.165) is 25.7 Å². The van der Waals surface area contributed by atoms with Crippen molar-refractivity contribution in [1.82, 2.24) is 0 Å². The van der Waals surface area contributed by atoms with Gasteiger partial charge in [-0.25, -0.2) is 0 Å². The quantitative estimate of drug-likeness (QED) is 0.611. The smallest absolute Gasteiger partial charge is 0.139 e. The first-order valence-corrected chi connectivity index (χ1v) is 12.1. The van der Waals surface area contributed by atoms with Gasteiger partial charge < -0.3 is 0 Å². The maximum atomic E-state index is 13.3. The molecule has 4 heteroatoms. The molecule has 4 aliphatic carbocycles. The summed E-state index contributed by atoms with van der Waals surface area (Å²) in [6, 6.07) is 0. The highest BCUT2D eigenvalue weighted by atomic mass is 32.2. The van der Waals surface area contributed by atoms with Crippen molar-refractivity contribution in [3.8, 4) is 0 Å². The molecular weight excluding hydrogens is 348 g/mol. The minimum Gasteiger partial charge on any atom is -0.299 e. The van der Waals surface area contributed by atoms with Gasteiger partial charge in [0.05, 0.1) is 4.08 Å². The highest BCUT2D eigenvalue weighted by Gasteiger charge is 2.61. The fourth-order valence-electron chi connectivity index (χ4n) is 6.98. The van der Waals surface area contributed by atoms with Crippen LogP contribution in [0.3, 0.4) is 0 Å². The normalized spacial score (nSPS) is 45.1. The van der Waals surface area contributed by atoms with Gasteiger partial charge in [-0.2, -0.15) is 0 Å². The molecule has 1 saturated heterocycles. The van der Waals surface area contributed by atoms with Gasteiger partial charge in [0.1, 0.15) is 11.6 Å². The zero-order chi connectivity index (χ0) is 17.2. The number of thioether (sulfide) groups is 2. The van der Waals surface area contributed by atoms with Gasteiger partial charge in [-0.3, -0.25) is 9.59 Å². The molecule has 4 unspecified atom stereocenters. The van der Waals surface area contributed by atoms with E-state index in [1.807, 2.05) is 0 Å². The molecule has 0 amide bonds. The first-order valence-electron chi connectivity index (χ1n) is 10.1. The van der Waals surface area contributed by atoms with Crippen LogP contribution in [0.2, 0.25) is 0 Å². The highest BCUT2D eigenvalue weighted by Crippen LogP contribution is 2.63. The van der Waals surface area contributed by atoms with Crippen molar-refractivity contribution in [2.24, 2.45) is 29.1 Å². The van der Waals surface area contributed by atoms with E-state index in [1.165, 1.54) is 30.8 Å². The molecule has 1 spiro atoms. The summed E-state index contributed by atoms with van der Waals surface area (Å²) in [6.07, 6.45) is 10.5. The molecule has 4 fully saturated rings. The van der Waals surface area contributed by atoms with Crippen LogP contribution in [0.1, 0.15) is 58.3 Å². The number of ketones is 2. The van der Waals surface area contributed by atoms with E-state index in [0.29, 0.717) is 39.8 Å². The SMILES string of the molecule is CC[C@]12CC(=O)C3C4CCC5(C=C4CCC3C1CCC2=O)SCCS5. The molecule has 1 heterocycles. The van der Waals surface area contributed by atoms with Crippen molar-refractivity contribution < 1.29 is 9.59 Å². The topological polar surface area (TPSA) is 34.1 Å². The summed E-state index contributed by atoms with van der Waals surface area (Å²) in [5, 5.41) is 0. The number of fused-ring (bicyclic) bond motifs is 5. The molecule has 1 aliphatic heterocycles. The molecule has 5 aliphatic rings. The third kappa shape index (κ3) is 2.32. The average Bonchev–Trinajstić information content (AvgIpc) is 3.20. The van der Waals surface area contributed by atoms with Crippen LogP contribution >= 0.6 is 23.5 Å². The molecule has 5 rings (SSSR count). The van der Waals surface area contributed by atoms with E-state index < -0.39 is 0 Å². The number of carbonyl (C=O) groups is 2. The van der Waals surface area contributed by atoms with Crippen LogP contribution in [0.5, 0.6) is 0 Å². The van der Waals surface area contributed by atoms with Gasteiger partial charge in [0.2, 0.25) is 0 Å². The van der Waals surface area contributed by atoms with E-state index in [4.69, 9.17) is 0 Å². The summed E-state index contributed by atoms with van der Waals surface area (Å²) in [5.41, 5.74) is 1.31. The fraction of sp³-hybridized carbons (Fsp3) is 0.810. The number of allylic oxidation sites excluding steroid dienone is 1. The second-order valence-electron chi connectivity index (χ2n) is 8.82. The predicted molar refractivity (Wildman–Crippen MR) is 105 cm³/mol. The van der Waals surface area contributed by atoms with Crippen molar-refractivity contribution in [3.05, 3.63) is 11.6 Å². The van der Waals surface area contributed by atoms with Crippen molar-refractivity contribution in [1.29, 1.82) is 0 Å². The second kappa shape index (κ2) is 5.89. The average molecular weight is 377 g/mol. The predicted octanol–water partition coefficient (Wildman–Crippen LogP) is 4.87. The number of Topliss-reactive ketones (excluding diaryl/α,β-unsaturated/α-hetero) is 2. The molecule has 0 aromatic carbocycles. The van der Waals surface area contributed by atoms with Gasteiger partial charge in [0, 0.05) is 35.7 Å². The zero-order valence-corrected chi connectivity index (χ0v) is 16.7. The van der Waals surface area contributed by atoms with Gasteiger partial charge in [0.25, 0.3) is 0 Å². The maximum Gasteiger partial charge on any atom is 0.139 e. The van der Waals surface area contributed by atoms with E-state index in [1.54, 1.807) is 5.57 Å². The summed E-state index contributed by atoms with van der Waals surface area (Å²) in [5.74, 6) is 5.05. The van der Waals surface area contributed by atoms with E-state index in [2.05, 4.69) is 36.5 Å². The molecule has 2 nitrogen and oxygen atoms in total. The molecule has 136 valence electrons. The lowest BCUT2D eigenvalue weighted by atomic mass is 9.51. The van der Waals surface area contributed by atoms with E-state index in [9.17, 15) is 9.59 Å². The largest absolute Gasteiger partial charge is 0.299 e. The lowest BCUT2D eigenvalue weighted by Gasteiger charge is -2.52. The summed E-state index contributed by atoms with van der Waals surface area (Å²) in [4.78, 5) is 25.9. The van der Waals surface area contributed by atoms with Crippen LogP contribution in [-0.2, 0) is 9.59 Å². The van der Waals surface area contributed by atoms with E-state index >= 15 is 0 Å². The Morgan fingerprint density at radius 1 is 1.12 bits per heavy atom. The molecular formula is C21H28O2S2. The lowest BCUT2D eigenvalue weighted by Crippen LogP contribution is -2.52. The zero-order valence-electron chi connectivity index (χ0n) is 15.1. The number of hydrogen-bond acceptors (Lipinski definition) is 4. The molecule has 3 saturated carbocycles. The number of carbonyl (C=O) groups excluding carboxylic acids is 2. The van der Waals surface area contributed by atoms with Crippen molar-refractivity contribution in [2.75, 3.05) is 11.5 Å². The Kier molecular flexibility index (Phi) is 3.98. The molecule has 0 N–H and O–H groups in total. The van der Waals surface area contributed by atoms with Crippen LogP contribution in [0.4, 0.5) is 0 Å². The third-order valence-corrected chi connectivity index (χ3v) is 11.5. The minimum absolute atomic E-state index is 0.226. The summed E-state index contributed by atoms with van der Waals surface area (Å²) in [6.45, 7) is 2.14. The molecule has 0 aromatic rings. The first-order chi connectivity index (χ1) is 12.1. The van der Waals surface area contributed by atoms with Crippen molar-refractivity contribution in [2.45, 2.75) is 62.4 Å². The lowest BCUT2D eigenvalue weighted by molar-refractivity contribution is -0.147. The Hall–Kier alpha value is -0.220. The number of hydrogen-bond donors (Lipinski definition) is 0. The highest BCUT2D eigenvalue weighted by molar-refractivity contribution is 8.21. The van der Waals surface area contributed by atoms with Gasteiger partial charge in [-0.05, 0) is 56.3 Å². The minimum atomic E-state index is -0.285. The summed E-state index contributed by atoms with van der Waals surface area (Å²) in [7, 11) is 0. The van der Waals surface area contributed by atoms with Gasteiger partial charge in [-0.1, -0.05) is 18.6 Å². The van der Waals surface area contributed by atoms with Gasteiger partial charge in [0.15, 0.2) is 0 Å². The van der Waals surface area contributed by atoms with Crippen LogP contribution in [0.25, 0.3) is 0 Å². The summed E-state index contributed by atoms with van der Waals surface area (Å²) >= 11 is 4.25. The van der Waals surface area contributed by atoms with Crippen molar-refractivity contribution in [3.63, 3.8) is 0 Å². The van der Waals surface area contributed by atoms with Crippen LogP contribution in [0.15, 0.2) is 11.6 Å². The first kappa shape index (κ1) is 16.9. The molecule has 0 aromatic heterocycles. The Balaban J connectivity index is 1.48. The standard InChI is InChI=1S/C21H28O2S2/c1-2-20-12-17(22)19-14-7-8-21(24-9-10-25-21)11-13(14)3-4-15(19)16(20)5-6-18(20)23/h11,14-16,19H,2-10,12H2,1H3/t14?,15?,16?,19?,20-/m0/s1. The number of rotatable bonds is 1. The molecule has 5 atom stereocenters. The van der Waals surface area contributed by atoms with Crippen LogP contribution in [0, 0.1) is 29.1 Å². The van der Waals surface area contributed by atoms with Crippen LogP contribution < -0.4 is 0 Å². The Labute approximate surface area is 159 Å². The molecule has 25 heavy (non-hydrogen) atoms. The van der Waals surface area contributed by atoms with Gasteiger partial charge >= 0.3 is 0 Å². The molecule has 0 bridgehead atoms. The van der Waals surface area contributed by atoms with E-state index in [-0.39, 0.29) is 11.3 Å². The third-order valence-electron chi connectivity index (χ3n) is 8.08. The monoisotopic (exact) mass is 376 g/mol. The van der Waals surface area contributed by atoms with Crippen LogP contribution in [-0.4, -0.2) is 27.2 Å².